The van der Waals surface area contributed by atoms with Crippen LogP contribution in [0, 0.1) is 0 Å². The van der Waals surface area contributed by atoms with Crippen molar-refractivity contribution in [3.63, 3.8) is 0 Å². The predicted molar refractivity (Wildman–Crippen MR) is 72.0 cm³/mol. The van der Waals surface area contributed by atoms with Gasteiger partial charge in [0, 0.05) is 24.3 Å². The molecule has 0 atom stereocenters. The molecule has 0 radical (unpaired) electrons. The van der Waals surface area contributed by atoms with Gasteiger partial charge in [0.2, 0.25) is 0 Å². The monoisotopic (exact) mass is 248 g/mol. The average Bonchev–Trinajstić information content (AvgIpc) is 2.68. The molecular formula is C14H20N2O2. The highest BCUT2D eigenvalue weighted by Gasteiger charge is 2.24. The van der Waals surface area contributed by atoms with Gasteiger partial charge in [0.1, 0.15) is 0 Å². The molecule has 4 nitrogen and oxygen atoms in total. The number of rotatable bonds is 3. The van der Waals surface area contributed by atoms with Gasteiger partial charge in [0.05, 0.1) is 12.7 Å². The Hall–Kier alpha value is -1.55. The Morgan fingerprint density at radius 2 is 2.22 bits per heavy atom. The largest absolute Gasteiger partial charge is 0.465 e. The van der Waals surface area contributed by atoms with E-state index in [1.165, 1.54) is 18.4 Å². The number of hydrogen-bond acceptors (Lipinski definition) is 4. The number of carbonyl (C=O) groups excluding carboxylic acids is 1. The smallest absolute Gasteiger partial charge is 0.337 e. The molecule has 2 N–H and O–H groups in total. The minimum Gasteiger partial charge on any atom is -0.465 e. The molecule has 2 rings (SSSR count). The van der Waals surface area contributed by atoms with Crippen LogP contribution in [0.3, 0.4) is 0 Å². The minimum absolute atomic E-state index is 0.220. The van der Waals surface area contributed by atoms with Crippen LogP contribution in [0.5, 0.6) is 0 Å². The molecule has 0 spiro atoms. The van der Waals surface area contributed by atoms with E-state index in [9.17, 15) is 4.79 Å². The standard InChI is InChI=1S/C14H20N2O2/c1-14(2,15)9-16-7-6-10-8-11(13(17)18-3)4-5-12(10)16/h4-5,8H,6-7,9,15H2,1-3H3. The Balaban J connectivity index is 2.23. The maximum absolute atomic E-state index is 11.5. The lowest BCUT2D eigenvalue weighted by Gasteiger charge is -2.28. The van der Waals surface area contributed by atoms with Gasteiger partial charge < -0.3 is 15.4 Å². The molecule has 1 aromatic carbocycles. The van der Waals surface area contributed by atoms with Crippen molar-refractivity contribution in [2.75, 3.05) is 25.1 Å². The molecule has 0 fully saturated rings. The number of ether oxygens (including phenoxy) is 1. The van der Waals surface area contributed by atoms with Gasteiger partial charge in [-0.25, -0.2) is 4.79 Å². The molecule has 0 bridgehead atoms. The van der Waals surface area contributed by atoms with Crippen LogP contribution < -0.4 is 10.6 Å². The van der Waals surface area contributed by atoms with Gasteiger partial charge in [-0.2, -0.15) is 0 Å². The zero-order valence-electron chi connectivity index (χ0n) is 11.2. The van der Waals surface area contributed by atoms with E-state index in [1.807, 2.05) is 32.0 Å². The average molecular weight is 248 g/mol. The first kappa shape index (κ1) is 12.9. The van der Waals surface area contributed by atoms with Crippen LogP contribution in [0.2, 0.25) is 0 Å². The van der Waals surface area contributed by atoms with Gasteiger partial charge in [0.25, 0.3) is 0 Å². The highest BCUT2D eigenvalue weighted by molar-refractivity contribution is 5.90. The Morgan fingerprint density at radius 3 is 2.83 bits per heavy atom. The fraction of sp³-hybridized carbons (Fsp3) is 0.500. The Morgan fingerprint density at radius 1 is 1.50 bits per heavy atom. The highest BCUT2D eigenvalue weighted by atomic mass is 16.5. The second-order valence-electron chi connectivity index (χ2n) is 5.50. The third-order valence-electron chi connectivity index (χ3n) is 3.09. The molecule has 18 heavy (non-hydrogen) atoms. The van der Waals surface area contributed by atoms with Crippen molar-refractivity contribution < 1.29 is 9.53 Å². The molecule has 0 saturated heterocycles. The van der Waals surface area contributed by atoms with Gasteiger partial charge >= 0.3 is 5.97 Å². The molecule has 0 saturated carbocycles. The van der Waals surface area contributed by atoms with Crippen LogP contribution in [0.1, 0.15) is 29.8 Å². The summed E-state index contributed by atoms with van der Waals surface area (Å²) in [6, 6.07) is 5.72. The van der Waals surface area contributed by atoms with Crippen LogP contribution in [0.25, 0.3) is 0 Å². The summed E-state index contributed by atoms with van der Waals surface area (Å²) in [5.74, 6) is -0.282. The van der Waals surface area contributed by atoms with Crippen LogP contribution in [0.4, 0.5) is 5.69 Å². The third-order valence-corrected chi connectivity index (χ3v) is 3.09. The van der Waals surface area contributed by atoms with Crippen molar-refractivity contribution in [3.8, 4) is 0 Å². The van der Waals surface area contributed by atoms with E-state index in [0.29, 0.717) is 5.56 Å². The van der Waals surface area contributed by atoms with Crippen molar-refractivity contribution in [2.45, 2.75) is 25.8 Å². The topological polar surface area (TPSA) is 55.6 Å². The lowest BCUT2D eigenvalue weighted by molar-refractivity contribution is 0.0600. The quantitative estimate of drug-likeness (QED) is 0.825. The fourth-order valence-electron chi connectivity index (χ4n) is 2.37. The molecule has 1 heterocycles. The molecule has 4 heteroatoms. The van der Waals surface area contributed by atoms with Crippen molar-refractivity contribution in [2.24, 2.45) is 5.73 Å². The molecule has 0 amide bonds. The second-order valence-corrected chi connectivity index (χ2v) is 5.50. The Labute approximate surface area is 108 Å². The van der Waals surface area contributed by atoms with Crippen LogP contribution in [-0.4, -0.2) is 31.7 Å². The number of benzene rings is 1. The van der Waals surface area contributed by atoms with Gasteiger partial charge in [0.15, 0.2) is 0 Å². The zero-order chi connectivity index (χ0) is 13.3. The Bertz CT molecular complexity index is 463. The molecular weight excluding hydrogens is 228 g/mol. The SMILES string of the molecule is COC(=O)c1ccc2c(c1)CCN2CC(C)(C)N. The number of hydrogen-bond donors (Lipinski definition) is 1. The van der Waals surface area contributed by atoms with Crippen LogP contribution in [-0.2, 0) is 11.2 Å². The minimum atomic E-state index is -0.282. The molecule has 0 unspecified atom stereocenters. The maximum Gasteiger partial charge on any atom is 0.337 e. The lowest BCUT2D eigenvalue weighted by Crippen LogP contribution is -2.44. The van der Waals surface area contributed by atoms with Crippen LogP contribution >= 0.6 is 0 Å². The number of anilines is 1. The summed E-state index contributed by atoms with van der Waals surface area (Å²) in [6.07, 6.45) is 0.955. The highest BCUT2D eigenvalue weighted by Crippen LogP contribution is 2.29. The summed E-state index contributed by atoms with van der Waals surface area (Å²) in [4.78, 5) is 13.7. The second kappa shape index (κ2) is 4.61. The first-order chi connectivity index (χ1) is 8.40. The van der Waals surface area contributed by atoms with Crippen LogP contribution in [0.15, 0.2) is 18.2 Å². The van der Waals surface area contributed by atoms with E-state index < -0.39 is 0 Å². The number of carbonyl (C=O) groups is 1. The van der Waals surface area contributed by atoms with Gasteiger partial charge in [-0.15, -0.1) is 0 Å². The molecule has 1 aliphatic heterocycles. The molecule has 1 aromatic rings. The fourth-order valence-corrected chi connectivity index (χ4v) is 2.37. The van der Waals surface area contributed by atoms with E-state index in [0.717, 1.165) is 19.5 Å². The first-order valence-electron chi connectivity index (χ1n) is 6.16. The van der Waals surface area contributed by atoms with E-state index in [4.69, 9.17) is 10.5 Å². The number of esters is 1. The maximum atomic E-state index is 11.5. The summed E-state index contributed by atoms with van der Waals surface area (Å²) in [6.45, 7) is 5.82. The summed E-state index contributed by atoms with van der Waals surface area (Å²) >= 11 is 0. The molecule has 1 aliphatic rings. The van der Waals surface area contributed by atoms with Gasteiger partial charge in [-0.1, -0.05) is 0 Å². The van der Waals surface area contributed by atoms with E-state index in [1.54, 1.807) is 0 Å². The first-order valence-corrected chi connectivity index (χ1v) is 6.16. The zero-order valence-corrected chi connectivity index (χ0v) is 11.2. The normalized spacial score (nSPS) is 14.6. The Kier molecular flexibility index (Phi) is 3.30. The van der Waals surface area contributed by atoms with Gasteiger partial charge in [-0.05, 0) is 44.0 Å². The molecule has 0 aromatic heterocycles. The predicted octanol–water partition coefficient (Wildman–Crippen LogP) is 1.57. The van der Waals surface area contributed by atoms with Crippen molar-refractivity contribution >= 4 is 11.7 Å². The van der Waals surface area contributed by atoms with Crippen molar-refractivity contribution in [1.82, 2.24) is 0 Å². The van der Waals surface area contributed by atoms with Crippen molar-refractivity contribution in [3.05, 3.63) is 29.3 Å². The number of fused-ring (bicyclic) bond motifs is 1. The number of nitrogens with zero attached hydrogens (tertiary/aromatic N) is 1. The van der Waals surface area contributed by atoms with Crippen molar-refractivity contribution in [1.29, 1.82) is 0 Å². The summed E-state index contributed by atoms with van der Waals surface area (Å²) < 4.78 is 4.73. The lowest BCUT2D eigenvalue weighted by atomic mass is 10.1. The molecule has 98 valence electrons. The number of nitrogens with two attached hydrogens (primary N) is 1. The summed E-state index contributed by atoms with van der Waals surface area (Å²) in [7, 11) is 1.40. The van der Waals surface area contributed by atoms with Gasteiger partial charge in [-0.3, -0.25) is 0 Å². The van der Waals surface area contributed by atoms with E-state index >= 15 is 0 Å². The summed E-state index contributed by atoms with van der Waals surface area (Å²) in [5, 5.41) is 0. The van der Waals surface area contributed by atoms with E-state index in [-0.39, 0.29) is 11.5 Å². The van der Waals surface area contributed by atoms with E-state index in [2.05, 4.69) is 4.90 Å². The third kappa shape index (κ3) is 2.64. The number of methoxy groups -OCH3 is 1. The molecule has 0 aliphatic carbocycles. The summed E-state index contributed by atoms with van der Waals surface area (Å²) in [5.41, 5.74) is 8.83.